The van der Waals surface area contributed by atoms with Crippen LogP contribution in [0.15, 0.2) is 95.0 Å². The highest BCUT2D eigenvalue weighted by Crippen LogP contribution is 2.44. The van der Waals surface area contributed by atoms with Crippen LogP contribution in [0, 0.1) is 0 Å². The topological polar surface area (TPSA) is 96.6 Å². The third kappa shape index (κ3) is 4.06. The lowest BCUT2D eigenvalue weighted by atomic mass is 9.81. The second-order valence-corrected chi connectivity index (χ2v) is 7.45. The molecule has 0 unspecified atom stereocenters. The molecule has 0 spiro atoms. The van der Waals surface area contributed by atoms with Gasteiger partial charge in [0.15, 0.2) is 6.10 Å². The average molecular weight is 426 g/mol. The smallest absolute Gasteiger partial charge is 0.338 e. The molecule has 7 heteroatoms. The monoisotopic (exact) mass is 426 g/mol. The van der Waals surface area contributed by atoms with Gasteiger partial charge in [0.1, 0.15) is 0 Å². The molecule has 0 N–H and O–H groups in total. The molecule has 0 saturated heterocycles. The van der Waals surface area contributed by atoms with E-state index in [1.807, 2.05) is 84.9 Å². The Morgan fingerprint density at radius 2 is 1.72 bits per heavy atom. The summed E-state index contributed by atoms with van der Waals surface area (Å²) in [6.07, 6.45) is -0.465. The molecule has 1 aliphatic heterocycles. The zero-order valence-electron chi connectivity index (χ0n) is 17.6. The van der Waals surface area contributed by atoms with Gasteiger partial charge in [0, 0.05) is 16.9 Å². The predicted octanol–water partition coefficient (Wildman–Crippen LogP) is 5.17. The van der Waals surface area contributed by atoms with E-state index in [1.165, 1.54) is 7.11 Å². The van der Waals surface area contributed by atoms with Gasteiger partial charge in [-0.3, -0.25) is 0 Å². The Morgan fingerprint density at radius 3 is 2.41 bits per heavy atom. The number of ether oxygens (including phenoxy) is 2. The molecule has 0 aliphatic carbocycles. The summed E-state index contributed by atoms with van der Waals surface area (Å²) in [5.74, 6) is -0.119. The van der Waals surface area contributed by atoms with E-state index in [-0.39, 0.29) is 13.0 Å². The highest BCUT2D eigenvalue weighted by molar-refractivity contribution is 5.99. The first kappa shape index (κ1) is 21.2. The third-order valence-electron chi connectivity index (χ3n) is 5.48. The molecule has 4 rings (SSSR count). The van der Waals surface area contributed by atoms with Crippen LogP contribution in [0.3, 0.4) is 0 Å². The van der Waals surface area contributed by atoms with E-state index in [2.05, 4.69) is 10.0 Å². The zero-order chi connectivity index (χ0) is 22.4. The maximum absolute atomic E-state index is 13.3. The van der Waals surface area contributed by atoms with Crippen molar-refractivity contribution in [2.24, 2.45) is 10.1 Å². The molecule has 3 aromatic carbocycles. The number of nitrogens with zero attached hydrogens (tertiary/aromatic N) is 4. The summed E-state index contributed by atoms with van der Waals surface area (Å²) in [4.78, 5) is 21.1. The summed E-state index contributed by atoms with van der Waals surface area (Å²) in [6, 6.07) is 26.6. The summed E-state index contributed by atoms with van der Waals surface area (Å²) < 4.78 is 11.6. The molecule has 0 amide bonds. The molecule has 160 valence electrons. The van der Waals surface area contributed by atoms with Crippen molar-refractivity contribution in [3.8, 4) is 0 Å². The minimum Gasteiger partial charge on any atom is -0.467 e. The molecule has 0 radical (unpaired) electrons. The number of hydrogen-bond donors (Lipinski definition) is 0. The zero-order valence-corrected chi connectivity index (χ0v) is 17.6. The molecule has 1 aliphatic rings. The SMILES string of the molecule is COC(=O)[C@]1(Cc2ccccc2)N=C(c2ccccc2)O[C@H]1c1ccccc1CN=[N+]=[N-]. The van der Waals surface area contributed by atoms with Gasteiger partial charge in [-0.1, -0.05) is 77.9 Å². The molecule has 3 aromatic rings. The van der Waals surface area contributed by atoms with Crippen LogP contribution in [-0.4, -0.2) is 24.5 Å². The third-order valence-corrected chi connectivity index (χ3v) is 5.48. The first-order chi connectivity index (χ1) is 15.7. The second-order valence-electron chi connectivity index (χ2n) is 7.45. The standard InChI is InChI=1S/C25H22N4O3/c1-31-24(30)25(16-18-10-4-2-5-11-18)22(21-15-9-8-14-20(21)17-27-29-26)32-23(28-25)19-12-6-3-7-13-19/h2-15,22H,16-17H2,1H3/t22-,25+/m0/s1. The number of carbonyl (C=O) groups excluding carboxylic acids is 1. The van der Waals surface area contributed by atoms with E-state index in [4.69, 9.17) is 20.0 Å². The summed E-state index contributed by atoms with van der Waals surface area (Å²) >= 11 is 0. The fourth-order valence-corrected chi connectivity index (χ4v) is 3.99. The first-order valence-corrected chi connectivity index (χ1v) is 10.2. The fraction of sp³-hybridized carbons (Fsp3) is 0.200. The highest BCUT2D eigenvalue weighted by atomic mass is 16.5. The number of hydrogen-bond acceptors (Lipinski definition) is 5. The molecule has 0 aromatic heterocycles. The lowest BCUT2D eigenvalue weighted by molar-refractivity contribution is -0.150. The van der Waals surface area contributed by atoms with Crippen LogP contribution in [0.2, 0.25) is 0 Å². The Labute approximate surface area is 186 Å². The van der Waals surface area contributed by atoms with Gasteiger partial charge >= 0.3 is 5.97 Å². The van der Waals surface area contributed by atoms with Crippen LogP contribution in [0.25, 0.3) is 10.4 Å². The Bertz CT molecular complexity index is 1170. The van der Waals surface area contributed by atoms with Crippen molar-refractivity contribution in [2.75, 3.05) is 7.11 Å². The number of aliphatic imine (C=N–C) groups is 1. The number of benzene rings is 3. The van der Waals surface area contributed by atoms with Gasteiger partial charge in [-0.2, -0.15) is 0 Å². The Hall–Kier alpha value is -4.09. The van der Waals surface area contributed by atoms with Crippen LogP contribution in [0.5, 0.6) is 0 Å². The molecular formula is C25H22N4O3. The Kier molecular flexibility index (Phi) is 6.19. The molecule has 0 bridgehead atoms. The first-order valence-electron chi connectivity index (χ1n) is 10.2. The normalized spacial score (nSPS) is 19.4. The van der Waals surface area contributed by atoms with E-state index in [0.29, 0.717) is 5.90 Å². The summed E-state index contributed by atoms with van der Waals surface area (Å²) in [7, 11) is 1.36. The van der Waals surface area contributed by atoms with Crippen molar-refractivity contribution in [2.45, 2.75) is 24.6 Å². The number of methoxy groups -OCH3 is 1. The van der Waals surface area contributed by atoms with Gasteiger partial charge in [0.05, 0.1) is 13.7 Å². The molecular weight excluding hydrogens is 404 g/mol. The van der Waals surface area contributed by atoms with Gasteiger partial charge < -0.3 is 9.47 Å². The molecule has 7 nitrogen and oxygen atoms in total. The molecule has 2 atom stereocenters. The van der Waals surface area contributed by atoms with Gasteiger partial charge in [-0.05, 0) is 34.4 Å². The Balaban J connectivity index is 1.89. The highest BCUT2D eigenvalue weighted by Gasteiger charge is 2.54. The Morgan fingerprint density at radius 1 is 1.06 bits per heavy atom. The van der Waals surface area contributed by atoms with E-state index >= 15 is 0 Å². The van der Waals surface area contributed by atoms with Crippen molar-refractivity contribution in [1.82, 2.24) is 0 Å². The van der Waals surface area contributed by atoms with Crippen LogP contribution in [-0.2, 0) is 27.2 Å². The van der Waals surface area contributed by atoms with E-state index in [9.17, 15) is 4.79 Å². The van der Waals surface area contributed by atoms with Gasteiger partial charge in [0.25, 0.3) is 0 Å². The fourth-order valence-electron chi connectivity index (χ4n) is 3.99. The van der Waals surface area contributed by atoms with Crippen LogP contribution < -0.4 is 0 Å². The molecule has 32 heavy (non-hydrogen) atoms. The quantitative estimate of drug-likeness (QED) is 0.226. The molecule has 0 saturated carbocycles. The minimum absolute atomic E-state index is 0.135. The van der Waals surface area contributed by atoms with Crippen LogP contribution in [0.1, 0.15) is 28.4 Å². The molecule has 1 heterocycles. The van der Waals surface area contributed by atoms with Crippen molar-refractivity contribution >= 4 is 11.9 Å². The van der Waals surface area contributed by atoms with Crippen LogP contribution in [0.4, 0.5) is 0 Å². The largest absolute Gasteiger partial charge is 0.467 e. The van der Waals surface area contributed by atoms with Crippen molar-refractivity contribution < 1.29 is 14.3 Å². The number of esters is 1. The van der Waals surface area contributed by atoms with Gasteiger partial charge in [-0.15, -0.1) is 0 Å². The number of rotatable bonds is 7. The minimum atomic E-state index is -1.34. The molecule has 0 fully saturated rings. The lowest BCUT2D eigenvalue weighted by Crippen LogP contribution is -2.44. The summed E-state index contributed by atoms with van der Waals surface area (Å²) in [5.41, 5.74) is 10.7. The van der Waals surface area contributed by atoms with Gasteiger partial charge in [-0.25, -0.2) is 9.79 Å². The van der Waals surface area contributed by atoms with Crippen LogP contribution >= 0.6 is 0 Å². The lowest BCUT2D eigenvalue weighted by Gasteiger charge is -2.30. The van der Waals surface area contributed by atoms with E-state index < -0.39 is 17.6 Å². The summed E-state index contributed by atoms with van der Waals surface area (Å²) in [5, 5.41) is 3.72. The number of carbonyl (C=O) groups is 1. The summed E-state index contributed by atoms with van der Waals surface area (Å²) in [6.45, 7) is 0.135. The van der Waals surface area contributed by atoms with Crippen molar-refractivity contribution in [3.63, 3.8) is 0 Å². The van der Waals surface area contributed by atoms with Crippen molar-refractivity contribution in [3.05, 3.63) is 118 Å². The number of azide groups is 1. The average Bonchev–Trinajstić information content (AvgIpc) is 3.23. The predicted molar refractivity (Wildman–Crippen MR) is 121 cm³/mol. The van der Waals surface area contributed by atoms with Crippen molar-refractivity contribution in [1.29, 1.82) is 0 Å². The maximum atomic E-state index is 13.3. The second kappa shape index (κ2) is 9.37. The van der Waals surface area contributed by atoms with Gasteiger partial charge in [0.2, 0.25) is 11.4 Å². The maximum Gasteiger partial charge on any atom is 0.338 e. The van der Waals surface area contributed by atoms with E-state index in [0.717, 1.165) is 22.3 Å². The van der Waals surface area contributed by atoms with E-state index in [1.54, 1.807) is 0 Å².